The van der Waals surface area contributed by atoms with E-state index in [9.17, 15) is 19.2 Å². The zero-order valence-corrected chi connectivity index (χ0v) is 25.2. The SMILES string of the molecule is CN[C@@H](C)C(=O)N[C@H](C(=O)N1CCC[C@H]1C(=O)N[C@@H](Cc1ccc(-c2ccc(OC)cc2OC)cc1)C(N)=O)C(C)C. The fourth-order valence-electron chi connectivity index (χ4n) is 4.99. The van der Waals surface area contributed by atoms with Crippen molar-refractivity contribution in [1.29, 1.82) is 0 Å². The van der Waals surface area contributed by atoms with E-state index in [2.05, 4.69) is 16.0 Å². The van der Waals surface area contributed by atoms with Crippen molar-refractivity contribution >= 4 is 23.6 Å². The van der Waals surface area contributed by atoms with E-state index < -0.39 is 36.0 Å². The van der Waals surface area contributed by atoms with Crippen molar-refractivity contribution in [3.05, 3.63) is 48.0 Å². The topological polar surface area (TPSA) is 152 Å². The molecule has 3 rings (SSSR count). The molecule has 0 saturated carbocycles. The van der Waals surface area contributed by atoms with Crippen LogP contribution in [0.3, 0.4) is 0 Å². The van der Waals surface area contributed by atoms with Crippen molar-refractivity contribution in [2.45, 2.75) is 64.2 Å². The fraction of sp³-hybridized carbons (Fsp3) is 0.484. The molecule has 0 aromatic heterocycles. The summed E-state index contributed by atoms with van der Waals surface area (Å²) in [5.41, 5.74) is 8.27. The Bertz CT molecular complexity index is 1260. The molecule has 1 aliphatic heterocycles. The van der Waals surface area contributed by atoms with Gasteiger partial charge in [-0.3, -0.25) is 19.2 Å². The molecule has 11 heteroatoms. The number of ether oxygens (including phenoxy) is 2. The molecule has 0 bridgehead atoms. The number of nitrogens with zero attached hydrogens (tertiary/aromatic N) is 1. The van der Waals surface area contributed by atoms with Crippen LogP contribution in [-0.4, -0.2) is 80.5 Å². The lowest BCUT2D eigenvalue weighted by Gasteiger charge is -2.31. The molecule has 1 aliphatic rings. The van der Waals surface area contributed by atoms with Crippen LogP contribution >= 0.6 is 0 Å². The number of likely N-dealkylation sites (tertiary alicyclic amines) is 1. The molecular weight excluding hydrogens is 538 g/mol. The fourth-order valence-corrected chi connectivity index (χ4v) is 4.99. The Hall–Kier alpha value is -4.12. The standard InChI is InChI=1S/C31H43N5O6/c1-18(2)27(35-29(38)19(3)33-4)31(40)36-15-7-8-25(36)30(39)34-24(28(32)37)16-20-9-11-21(12-10-20)23-14-13-22(41-5)17-26(23)42-6/h9-14,17-19,24-25,27,33H,7-8,15-16H2,1-6H3,(H2,32,37)(H,34,39)(H,35,38)/t19-,24-,25-,27-/m0/s1. The predicted molar refractivity (Wildman–Crippen MR) is 160 cm³/mol. The Morgan fingerprint density at radius 3 is 2.26 bits per heavy atom. The van der Waals surface area contributed by atoms with Crippen LogP contribution in [0.2, 0.25) is 0 Å². The number of carbonyl (C=O) groups is 4. The zero-order valence-electron chi connectivity index (χ0n) is 25.2. The third kappa shape index (κ3) is 7.79. The largest absolute Gasteiger partial charge is 0.497 e. The van der Waals surface area contributed by atoms with Gasteiger partial charge in [0.1, 0.15) is 29.6 Å². The molecule has 42 heavy (non-hydrogen) atoms. The summed E-state index contributed by atoms with van der Waals surface area (Å²) in [5.74, 6) is -0.572. The maximum absolute atomic E-state index is 13.5. The Balaban J connectivity index is 1.71. The molecule has 2 aromatic carbocycles. The van der Waals surface area contributed by atoms with Gasteiger partial charge in [-0.2, -0.15) is 0 Å². The van der Waals surface area contributed by atoms with Crippen LogP contribution in [0, 0.1) is 5.92 Å². The summed E-state index contributed by atoms with van der Waals surface area (Å²) in [5, 5.41) is 8.44. The second-order valence-corrected chi connectivity index (χ2v) is 10.9. The van der Waals surface area contributed by atoms with Crippen molar-refractivity contribution in [3.8, 4) is 22.6 Å². The van der Waals surface area contributed by atoms with Gasteiger partial charge in [-0.05, 0) is 56.0 Å². The summed E-state index contributed by atoms with van der Waals surface area (Å²) in [7, 11) is 4.85. The Morgan fingerprint density at radius 2 is 1.69 bits per heavy atom. The smallest absolute Gasteiger partial charge is 0.246 e. The van der Waals surface area contributed by atoms with E-state index >= 15 is 0 Å². The molecule has 1 fully saturated rings. The number of hydrogen-bond acceptors (Lipinski definition) is 7. The average molecular weight is 582 g/mol. The van der Waals surface area contributed by atoms with E-state index in [4.69, 9.17) is 15.2 Å². The Morgan fingerprint density at radius 1 is 1.00 bits per heavy atom. The quantitative estimate of drug-likeness (QED) is 0.281. The van der Waals surface area contributed by atoms with E-state index in [0.717, 1.165) is 16.7 Å². The monoisotopic (exact) mass is 581 g/mol. The van der Waals surface area contributed by atoms with Crippen LogP contribution in [0.5, 0.6) is 11.5 Å². The highest BCUT2D eigenvalue weighted by molar-refractivity contribution is 5.95. The van der Waals surface area contributed by atoms with Crippen molar-refractivity contribution < 1.29 is 28.7 Å². The molecule has 5 N–H and O–H groups in total. The first kappa shape index (κ1) is 32.4. The van der Waals surface area contributed by atoms with E-state index in [1.54, 1.807) is 34.3 Å². The minimum atomic E-state index is -0.964. The molecule has 0 unspecified atom stereocenters. The lowest BCUT2D eigenvalue weighted by Crippen LogP contribution is -2.58. The number of benzene rings is 2. The number of primary amides is 1. The summed E-state index contributed by atoms with van der Waals surface area (Å²) in [6.07, 6.45) is 1.27. The van der Waals surface area contributed by atoms with E-state index in [1.807, 2.05) is 50.2 Å². The van der Waals surface area contributed by atoms with Crippen LogP contribution in [0.1, 0.15) is 39.2 Å². The molecule has 1 heterocycles. The number of nitrogens with two attached hydrogens (primary N) is 1. The third-order valence-corrected chi connectivity index (χ3v) is 7.67. The number of rotatable bonds is 13. The number of methoxy groups -OCH3 is 2. The number of amides is 4. The summed E-state index contributed by atoms with van der Waals surface area (Å²) >= 11 is 0. The Labute approximate surface area is 247 Å². The molecule has 4 amide bonds. The van der Waals surface area contributed by atoms with Crippen LogP contribution in [-0.2, 0) is 25.6 Å². The van der Waals surface area contributed by atoms with Crippen molar-refractivity contribution in [3.63, 3.8) is 0 Å². The molecule has 0 radical (unpaired) electrons. The number of hydrogen-bond donors (Lipinski definition) is 4. The number of carbonyl (C=O) groups excluding carboxylic acids is 4. The Kier molecular flexibility index (Phi) is 11.3. The summed E-state index contributed by atoms with van der Waals surface area (Å²) in [6.45, 7) is 5.78. The van der Waals surface area contributed by atoms with Gasteiger partial charge in [-0.25, -0.2) is 0 Å². The van der Waals surface area contributed by atoms with Gasteiger partial charge in [0.2, 0.25) is 23.6 Å². The van der Waals surface area contributed by atoms with Crippen LogP contribution in [0.25, 0.3) is 11.1 Å². The highest BCUT2D eigenvalue weighted by atomic mass is 16.5. The molecule has 11 nitrogen and oxygen atoms in total. The van der Waals surface area contributed by atoms with Crippen molar-refractivity contribution in [1.82, 2.24) is 20.9 Å². The normalized spacial score (nSPS) is 16.8. The van der Waals surface area contributed by atoms with Gasteiger partial charge in [0.25, 0.3) is 0 Å². The lowest BCUT2D eigenvalue weighted by atomic mass is 9.99. The van der Waals surface area contributed by atoms with E-state index in [1.165, 1.54) is 4.90 Å². The van der Waals surface area contributed by atoms with E-state index in [0.29, 0.717) is 30.9 Å². The summed E-state index contributed by atoms with van der Waals surface area (Å²) in [4.78, 5) is 53.2. The summed E-state index contributed by atoms with van der Waals surface area (Å²) < 4.78 is 10.8. The van der Waals surface area contributed by atoms with Gasteiger partial charge in [0, 0.05) is 24.6 Å². The molecule has 2 aromatic rings. The van der Waals surface area contributed by atoms with Crippen LogP contribution < -0.4 is 31.2 Å². The zero-order chi connectivity index (χ0) is 31.0. The molecule has 228 valence electrons. The van der Waals surface area contributed by atoms with Crippen LogP contribution in [0.15, 0.2) is 42.5 Å². The van der Waals surface area contributed by atoms with E-state index in [-0.39, 0.29) is 24.2 Å². The average Bonchev–Trinajstić information content (AvgIpc) is 3.48. The molecular formula is C31H43N5O6. The van der Waals surface area contributed by atoms with Gasteiger partial charge < -0.3 is 36.1 Å². The first-order valence-electron chi connectivity index (χ1n) is 14.2. The molecule has 0 spiro atoms. The second-order valence-electron chi connectivity index (χ2n) is 10.9. The molecule has 1 saturated heterocycles. The highest BCUT2D eigenvalue weighted by Crippen LogP contribution is 2.33. The van der Waals surface area contributed by atoms with Crippen molar-refractivity contribution in [2.75, 3.05) is 27.8 Å². The number of nitrogens with one attached hydrogen (secondary N) is 3. The first-order chi connectivity index (χ1) is 20.0. The van der Waals surface area contributed by atoms with Gasteiger partial charge >= 0.3 is 0 Å². The van der Waals surface area contributed by atoms with Crippen molar-refractivity contribution in [2.24, 2.45) is 11.7 Å². The first-order valence-corrected chi connectivity index (χ1v) is 14.2. The maximum atomic E-state index is 13.5. The lowest BCUT2D eigenvalue weighted by molar-refractivity contribution is -0.143. The summed E-state index contributed by atoms with van der Waals surface area (Å²) in [6, 6.07) is 10.1. The maximum Gasteiger partial charge on any atom is 0.246 e. The van der Waals surface area contributed by atoms with Crippen LogP contribution in [0.4, 0.5) is 0 Å². The predicted octanol–water partition coefficient (Wildman–Crippen LogP) is 1.62. The second kappa shape index (κ2) is 14.7. The van der Waals surface area contributed by atoms with Gasteiger partial charge in [-0.1, -0.05) is 38.1 Å². The van der Waals surface area contributed by atoms with Gasteiger partial charge in [0.05, 0.1) is 20.3 Å². The molecule has 0 aliphatic carbocycles. The minimum Gasteiger partial charge on any atom is -0.497 e. The van der Waals surface area contributed by atoms with Gasteiger partial charge in [-0.15, -0.1) is 0 Å². The highest BCUT2D eigenvalue weighted by Gasteiger charge is 2.39. The number of likely N-dealkylation sites (N-methyl/N-ethyl adjacent to an activating group) is 1. The van der Waals surface area contributed by atoms with Gasteiger partial charge in [0.15, 0.2) is 0 Å². The minimum absolute atomic E-state index is 0.186. The third-order valence-electron chi connectivity index (χ3n) is 7.67. The molecule has 4 atom stereocenters.